The summed E-state index contributed by atoms with van der Waals surface area (Å²) in [4.78, 5) is 11.9. The molecule has 2 unspecified atom stereocenters. The van der Waals surface area contributed by atoms with E-state index in [4.69, 9.17) is 4.74 Å². The molecule has 0 saturated heterocycles. The average molecular weight is 407 g/mol. The zero-order valence-corrected chi connectivity index (χ0v) is 16.8. The number of carbonyl (C=O) groups is 1. The molecule has 0 aliphatic heterocycles. The molecule has 8 heteroatoms. The maximum absolute atomic E-state index is 13.3. The first-order valence-corrected chi connectivity index (χ1v) is 10.2. The third-order valence-electron chi connectivity index (χ3n) is 4.42. The van der Waals surface area contributed by atoms with Crippen LogP contribution in [0.5, 0.6) is 5.75 Å². The molecular formula is C20H25NO6S. The van der Waals surface area contributed by atoms with Gasteiger partial charge in [-0.2, -0.15) is 4.31 Å². The first-order chi connectivity index (χ1) is 13.2. The monoisotopic (exact) mass is 407 g/mol. The lowest BCUT2D eigenvalue weighted by Crippen LogP contribution is -2.52. The summed E-state index contributed by atoms with van der Waals surface area (Å²) in [6, 6.07) is 12.7. The summed E-state index contributed by atoms with van der Waals surface area (Å²) in [6.07, 6.45) is -1.38. The number of aliphatic hydroxyl groups is 1. The minimum atomic E-state index is -4.21. The lowest BCUT2D eigenvalue weighted by molar-refractivity contribution is -0.146. The van der Waals surface area contributed by atoms with Crippen LogP contribution in [-0.4, -0.2) is 48.2 Å². The average Bonchev–Trinajstić information content (AvgIpc) is 2.67. The number of carboxylic acid groups (broad SMARTS) is 1. The van der Waals surface area contributed by atoms with E-state index in [0.717, 1.165) is 4.31 Å². The van der Waals surface area contributed by atoms with Crippen LogP contribution < -0.4 is 4.74 Å². The van der Waals surface area contributed by atoms with Crippen molar-refractivity contribution in [1.29, 1.82) is 0 Å². The zero-order valence-electron chi connectivity index (χ0n) is 16.0. The van der Waals surface area contributed by atoms with Crippen molar-refractivity contribution in [3.63, 3.8) is 0 Å². The van der Waals surface area contributed by atoms with Gasteiger partial charge in [0, 0.05) is 6.54 Å². The maximum Gasteiger partial charge on any atom is 0.324 e. The highest BCUT2D eigenvalue weighted by Gasteiger charge is 2.41. The quantitative estimate of drug-likeness (QED) is 0.661. The van der Waals surface area contributed by atoms with Gasteiger partial charge in [0.15, 0.2) is 0 Å². The van der Waals surface area contributed by atoms with Crippen molar-refractivity contribution >= 4 is 16.0 Å². The van der Waals surface area contributed by atoms with Gasteiger partial charge < -0.3 is 14.9 Å². The fourth-order valence-corrected chi connectivity index (χ4v) is 4.37. The van der Waals surface area contributed by atoms with Gasteiger partial charge in [0.1, 0.15) is 11.8 Å². The summed E-state index contributed by atoms with van der Waals surface area (Å²) < 4.78 is 32.5. The predicted molar refractivity (Wildman–Crippen MR) is 104 cm³/mol. The Morgan fingerprint density at radius 2 is 1.64 bits per heavy atom. The van der Waals surface area contributed by atoms with E-state index in [-0.39, 0.29) is 11.4 Å². The lowest BCUT2D eigenvalue weighted by Gasteiger charge is -2.32. The van der Waals surface area contributed by atoms with Crippen molar-refractivity contribution in [2.45, 2.75) is 37.4 Å². The molecule has 7 nitrogen and oxygen atoms in total. The number of methoxy groups -OCH3 is 1. The minimum absolute atomic E-state index is 0.0774. The van der Waals surface area contributed by atoms with Crippen molar-refractivity contribution in [1.82, 2.24) is 4.31 Å². The normalized spacial score (nSPS) is 14.1. The number of ether oxygens (including phenoxy) is 1. The Morgan fingerprint density at radius 1 is 1.07 bits per heavy atom. The van der Waals surface area contributed by atoms with E-state index < -0.39 is 34.1 Å². The number of hydrogen-bond acceptors (Lipinski definition) is 5. The molecule has 28 heavy (non-hydrogen) atoms. The second-order valence-electron chi connectivity index (χ2n) is 6.73. The summed E-state index contributed by atoms with van der Waals surface area (Å²) >= 11 is 0. The molecule has 0 spiro atoms. The van der Waals surface area contributed by atoms with E-state index in [1.165, 1.54) is 31.4 Å². The van der Waals surface area contributed by atoms with Crippen molar-refractivity contribution < 1.29 is 28.2 Å². The summed E-state index contributed by atoms with van der Waals surface area (Å²) in [5.41, 5.74) is 0.613. The zero-order chi connectivity index (χ0) is 20.9. The fourth-order valence-electron chi connectivity index (χ4n) is 2.78. The molecule has 0 aliphatic rings. The third-order valence-corrected chi connectivity index (χ3v) is 6.26. The molecule has 0 heterocycles. The number of rotatable bonds is 9. The Balaban J connectivity index is 2.56. The summed E-state index contributed by atoms with van der Waals surface area (Å²) in [5.74, 6) is -1.38. The smallest absolute Gasteiger partial charge is 0.324 e. The SMILES string of the molecule is COc1ccc(S(=O)(=O)N(Cc2ccccc2)C(C(=O)O)C(O)C(C)C)cc1. The summed E-state index contributed by atoms with van der Waals surface area (Å²) in [5, 5.41) is 20.2. The number of aliphatic carboxylic acids is 1. The third kappa shape index (κ3) is 4.89. The van der Waals surface area contributed by atoms with Gasteiger partial charge in [-0.05, 0) is 35.7 Å². The molecule has 0 radical (unpaired) electrons. The second kappa shape index (κ2) is 9.18. The number of aliphatic hydroxyl groups excluding tert-OH is 1. The molecule has 0 fully saturated rings. The van der Waals surface area contributed by atoms with E-state index in [9.17, 15) is 23.4 Å². The molecular weight excluding hydrogens is 382 g/mol. The van der Waals surface area contributed by atoms with Gasteiger partial charge in [-0.15, -0.1) is 0 Å². The van der Waals surface area contributed by atoms with Crippen LogP contribution in [0.15, 0.2) is 59.5 Å². The van der Waals surface area contributed by atoms with Crippen molar-refractivity contribution in [2.24, 2.45) is 5.92 Å². The number of sulfonamides is 1. The standard InChI is InChI=1S/C20H25NO6S/c1-14(2)19(22)18(20(23)24)21(13-15-7-5-4-6-8-15)28(25,26)17-11-9-16(27-3)10-12-17/h4-12,14,18-19,22H,13H2,1-3H3,(H,23,24). The topological polar surface area (TPSA) is 104 Å². The van der Waals surface area contributed by atoms with Crippen molar-refractivity contribution in [2.75, 3.05) is 7.11 Å². The highest BCUT2D eigenvalue weighted by Crippen LogP contribution is 2.26. The van der Waals surface area contributed by atoms with Gasteiger partial charge >= 0.3 is 5.97 Å². The highest BCUT2D eigenvalue weighted by atomic mass is 32.2. The summed E-state index contributed by atoms with van der Waals surface area (Å²) in [7, 11) is -2.75. The van der Waals surface area contributed by atoms with Gasteiger partial charge in [0.2, 0.25) is 10.0 Å². The largest absolute Gasteiger partial charge is 0.497 e. The molecule has 2 N–H and O–H groups in total. The fraction of sp³-hybridized carbons (Fsp3) is 0.350. The predicted octanol–water partition coefficient (Wildman–Crippen LogP) is 2.36. The number of hydrogen-bond donors (Lipinski definition) is 2. The molecule has 2 aromatic rings. The Hall–Kier alpha value is -2.42. The maximum atomic E-state index is 13.3. The molecule has 0 saturated carbocycles. The Bertz CT molecular complexity index is 881. The van der Waals surface area contributed by atoms with Gasteiger partial charge in [-0.1, -0.05) is 44.2 Å². The van der Waals surface area contributed by atoms with Gasteiger partial charge in [-0.3, -0.25) is 4.79 Å². The van der Waals surface area contributed by atoms with Gasteiger partial charge in [0.05, 0.1) is 18.1 Å². The minimum Gasteiger partial charge on any atom is -0.497 e. The van der Waals surface area contributed by atoms with E-state index >= 15 is 0 Å². The van der Waals surface area contributed by atoms with Crippen LogP contribution in [0.4, 0.5) is 0 Å². The van der Waals surface area contributed by atoms with Crippen LogP contribution in [0.2, 0.25) is 0 Å². The van der Waals surface area contributed by atoms with E-state index in [2.05, 4.69) is 0 Å². The van der Waals surface area contributed by atoms with Crippen LogP contribution >= 0.6 is 0 Å². The van der Waals surface area contributed by atoms with E-state index in [0.29, 0.717) is 11.3 Å². The summed E-state index contributed by atoms with van der Waals surface area (Å²) in [6.45, 7) is 3.10. The van der Waals surface area contributed by atoms with Crippen molar-refractivity contribution in [3.8, 4) is 5.75 Å². The Labute approximate surface area is 165 Å². The highest BCUT2D eigenvalue weighted by molar-refractivity contribution is 7.89. The van der Waals surface area contributed by atoms with Crippen LogP contribution in [-0.2, 0) is 21.4 Å². The van der Waals surface area contributed by atoms with Gasteiger partial charge in [-0.25, -0.2) is 8.42 Å². The second-order valence-corrected chi connectivity index (χ2v) is 8.62. The molecule has 0 bridgehead atoms. The first kappa shape index (κ1) is 21.9. The molecule has 0 amide bonds. The van der Waals surface area contributed by atoms with Gasteiger partial charge in [0.25, 0.3) is 0 Å². The lowest BCUT2D eigenvalue weighted by atomic mass is 9.99. The van der Waals surface area contributed by atoms with Crippen molar-refractivity contribution in [3.05, 3.63) is 60.2 Å². The van der Waals surface area contributed by atoms with Crippen LogP contribution in [0.1, 0.15) is 19.4 Å². The number of carboxylic acids is 1. The van der Waals surface area contributed by atoms with Crippen LogP contribution in [0, 0.1) is 5.92 Å². The van der Waals surface area contributed by atoms with Crippen LogP contribution in [0.25, 0.3) is 0 Å². The Morgan fingerprint density at radius 3 is 2.11 bits per heavy atom. The van der Waals surface area contributed by atoms with E-state index in [1.807, 2.05) is 0 Å². The molecule has 2 aromatic carbocycles. The molecule has 0 aliphatic carbocycles. The molecule has 2 atom stereocenters. The Kier molecular flexibility index (Phi) is 7.17. The molecule has 2 rings (SSSR count). The molecule has 0 aromatic heterocycles. The van der Waals surface area contributed by atoms with Crippen LogP contribution in [0.3, 0.4) is 0 Å². The number of nitrogens with zero attached hydrogens (tertiary/aromatic N) is 1. The number of benzene rings is 2. The first-order valence-electron chi connectivity index (χ1n) is 8.79. The molecule has 152 valence electrons. The van der Waals surface area contributed by atoms with E-state index in [1.54, 1.807) is 44.2 Å².